The predicted molar refractivity (Wildman–Crippen MR) is 129 cm³/mol. The third kappa shape index (κ3) is 4.60. The van der Waals surface area contributed by atoms with Crippen molar-refractivity contribution in [3.05, 3.63) is 53.4 Å². The Balaban J connectivity index is 1.68. The van der Waals surface area contributed by atoms with E-state index in [1.807, 2.05) is 13.8 Å². The van der Waals surface area contributed by atoms with E-state index >= 15 is 0 Å². The molecule has 0 spiro atoms. The number of aromatic carboxylic acids is 1. The lowest BCUT2D eigenvalue weighted by Crippen LogP contribution is -2.53. The van der Waals surface area contributed by atoms with Gasteiger partial charge < -0.3 is 19.6 Å². The summed E-state index contributed by atoms with van der Waals surface area (Å²) in [4.78, 5) is 16.1. The highest BCUT2D eigenvalue weighted by atomic mass is 32.2. The number of rotatable bonds is 9. The first-order valence-electron chi connectivity index (χ1n) is 11.3. The molecule has 2 aliphatic heterocycles. The van der Waals surface area contributed by atoms with Crippen LogP contribution >= 0.6 is 0 Å². The highest BCUT2D eigenvalue weighted by Crippen LogP contribution is 2.44. The molecule has 2 heterocycles. The van der Waals surface area contributed by atoms with Crippen LogP contribution in [0.2, 0.25) is 0 Å². The molecule has 0 aliphatic carbocycles. The molecule has 8 nitrogen and oxygen atoms in total. The number of halogens is 1. The molecular weight excluding hydrogens is 461 g/mol. The number of nitrogens with one attached hydrogen (secondary N) is 1. The largest absolute Gasteiger partial charge is 0.488 e. The number of hydrogen-bond acceptors (Lipinski definition) is 6. The quantitative estimate of drug-likeness (QED) is 0.555. The van der Waals surface area contributed by atoms with Crippen molar-refractivity contribution >= 4 is 33.4 Å². The molecule has 0 amide bonds. The lowest BCUT2D eigenvalue weighted by atomic mass is 9.98. The Morgan fingerprint density at radius 1 is 1.29 bits per heavy atom. The number of hydrogen-bond donors (Lipinski definition) is 2. The fourth-order valence-electron chi connectivity index (χ4n) is 4.26. The molecule has 2 N–H and O–H groups in total. The van der Waals surface area contributed by atoms with E-state index < -0.39 is 21.8 Å². The molecule has 2 aliphatic rings. The Morgan fingerprint density at radius 2 is 2.06 bits per heavy atom. The van der Waals surface area contributed by atoms with Crippen LogP contribution in [-0.2, 0) is 10.0 Å². The van der Waals surface area contributed by atoms with Crippen molar-refractivity contribution in [3.63, 3.8) is 0 Å². The van der Waals surface area contributed by atoms with Crippen LogP contribution < -0.4 is 14.4 Å². The van der Waals surface area contributed by atoms with Gasteiger partial charge in [0.1, 0.15) is 18.0 Å². The van der Waals surface area contributed by atoms with E-state index in [0.717, 1.165) is 38.2 Å². The van der Waals surface area contributed by atoms with Gasteiger partial charge in [0.2, 0.25) is 0 Å². The van der Waals surface area contributed by atoms with E-state index in [1.54, 1.807) is 18.2 Å². The molecule has 10 heteroatoms. The van der Waals surface area contributed by atoms with Crippen LogP contribution in [0.1, 0.15) is 36.2 Å². The van der Waals surface area contributed by atoms with Gasteiger partial charge in [0, 0.05) is 13.1 Å². The van der Waals surface area contributed by atoms with Crippen LogP contribution in [0.3, 0.4) is 0 Å². The third-order valence-corrected chi connectivity index (χ3v) is 7.72. The maximum absolute atomic E-state index is 14.0. The molecule has 4 rings (SSSR count). The van der Waals surface area contributed by atoms with Crippen LogP contribution in [0.25, 0.3) is 6.08 Å². The SMILES string of the molecule is CCN(CC)CC=Cc1cc(F)ccc1S(=O)(=O)Nc1ccc2c(c1C(=O)O)OC[C@H]1CCN21. The average molecular weight is 490 g/mol. The summed E-state index contributed by atoms with van der Waals surface area (Å²) in [5.41, 5.74) is 0.471. The summed E-state index contributed by atoms with van der Waals surface area (Å²) in [5, 5.41) is 9.87. The Kier molecular flexibility index (Phi) is 6.81. The number of nitrogens with zero attached hydrogens (tertiary/aromatic N) is 2. The second-order valence-corrected chi connectivity index (χ2v) is 9.92. The monoisotopic (exact) mass is 489 g/mol. The second-order valence-electron chi connectivity index (χ2n) is 8.26. The van der Waals surface area contributed by atoms with E-state index in [1.165, 1.54) is 12.1 Å². The van der Waals surface area contributed by atoms with Crippen molar-refractivity contribution in [2.24, 2.45) is 0 Å². The third-order valence-electron chi connectivity index (χ3n) is 6.29. The number of sulfonamides is 1. The summed E-state index contributed by atoms with van der Waals surface area (Å²) in [6.07, 6.45) is 4.30. The molecule has 0 unspecified atom stereocenters. The second kappa shape index (κ2) is 9.63. The molecule has 2 aromatic carbocycles. The average Bonchev–Trinajstić information content (AvgIpc) is 2.76. The van der Waals surface area contributed by atoms with E-state index in [-0.39, 0.29) is 33.5 Å². The number of carbonyl (C=O) groups is 1. The molecular formula is C24H28FN3O5S. The maximum atomic E-state index is 14.0. The minimum Gasteiger partial charge on any atom is -0.488 e. The van der Waals surface area contributed by atoms with Gasteiger partial charge in [-0.05, 0) is 55.4 Å². The van der Waals surface area contributed by atoms with Gasteiger partial charge in [-0.1, -0.05) is 26.0 Å². The standard InChI is InChI=1S/C24H28FN3O5S/c1-3-27(4-2)12-5-6-16-14-17(25)7-10-21(16)34(31,32)26-19-8-9-20-23(22(19)24(29)30)33-15-18-11-13-28(18)20/h5-10,14,18,26H,3-4,11-13,15H2,1-2H3,(H,29,30)/t18-/m1/s1. The zero-order valence-corrected chi connectivity index (χ0v) is 19.9. The smallest absolute Gasteiger partial charge is 0.341 e. The lowest BCUT2D eigenvalue weighted by molar-refractivity contribution is 0.0691. The van der Waals surface area contributed by atoms with Crippen LogP contribution in [0.4, 0.5) is 15.8 Å². The summed E-state index contributed by atoms with van der Waals surface area (Å²) >= 11 is 0. The number of likely N-dealkylation sites (N-methyl/N-ethyl adjacent to an activating group) is 1. The molecule has 1 fully saturated rings. The molecule has 0 aromatic heterocycles. The first-order chi connectivity index (χ1) is 16.2. The van der Waals surface area contributed by atoms with Crippen LogP contribution in [0.5, 0.6) is 5.75 Å². The minimum atomic E-state index is -4.23. The highest BCUT2D eigenvalue weighted by molar-refractivity contribution is 7.92. The van der Waals surface area contributed by atoms with Gasteiger partial charge in [-0.15, -0.1) is 0 Å². The summed E-state index contributed by atoms with van der Waals surface area (Å²) in [6, 6.07) is 6.69. The van der Waals surface area contributed by atoms with Crippen molar-refractivity contribution in [2.45, 2.75) is 31.2 Å². The molecule has 2 aromatic rings. The summed E-state index contributed by atoms with van der Waals surface area (Å²) in [6.45, 7) is 7.42. The zero-order valence-electron chi connectivity index (χ0n) is 19.1. The summed E-state index contributed by atoms with van der Waals surface area (Å²) in [5.74, 6) is -1.71. The highest BCUT2D eigenvalue weighted by Gasteiger charge is 2.37. The number of ether oxygens (including phenoxy) is 1. The van der Waals surface area contributed by atoms with Crippen molar-refractivity contribution in [2.75, 3.05) is 42.4 Å². The summed E-state index contributed by atoms with van der Waals surface area (Å²) in [7, 11) is -4.23. The lowest BCUT2D eigenvalue weighted by Gasteiger charge is -2.46. The Hall–Kier alpha value is -3.11. The fourth-order valence-corrected chi connectivity index (χ4v) is 5.51. The van der Waals surface area contributed by atoms with Crippen molar-refractivity contribution in [1.29, 1.82) is 0 Å². The maximum Gasteiger partial charge on any atom is 0.341 e. The van der Waals surface area contributed by atoms with Gasteiger partial charge in [0.05, 0.1) is 22.3 Å². The number of benzene rings is 2. The molecule has 182 valence electrons. The molecule has 0 radical (unpaired) electrons. The zero-order chi connectivity index (χ0) is 24.5. The molecule has 0 bridgehead atoms. The van der Waals surface area contributed by atoms with E-state index in [9.17, 15) is 22.7 Å². The van der Waals surface area contributed by atoms with E-state index in [0.29, 0.717) is 18.8 Å². The van der Waals surface area contributed by atoms with E-state index in [2.05, 4.69) is 14.5 Å². The van der Waals surface area contributed by atoms with Gasteiger partial charge in [-0.2, -0.15) is 0 Å². The number of anilines is 2. The van der Waals surface area contributed by atoms with Gasteiger partial charge >= 0.3 is 5.97 Å². The number of carboxylic acid groups (broad SMARTS) is 1. The van der Waals surface area contributed by atoms with Gasteiger partial charge in [-0.3, -0.25) is 4.72 Å². The van der Waals surface area contributed by atoms with Gasteiger partial charge in [0.25, 0.3) is 10.0 Å². The Labute approximate surface area is 198 Å². The van der Waals surface area contributed by atoms with Crippen LogP contribution in [0, 0.1) is 5.82 Å². The molecule has 1 atom stereocenters. The number of carboxylic acids is 1. The molecule has 1 saturated heterocycles. The van der Waals surface area contributed by atoms with Crippen molar-refractivity contribution < 1.29 is 27.4 Å². The number of fused-ring (bicyclic) bond motifs is 3. The van der Waals surface area contributed by atoms with Crippen LogP contribution in [-0.4, -0.2) is 63.2 Å². The Bertz CT molecular complexity index is 1230. The first-order valence-corrected chi connectivity index (χ1v) is 12.7. The normalized spacial score (nSPS) is 17.2. The van der Waals surface area contributed by atoms with Gasteiger partial charge in [0.15, 0.2) is 5.75 Å². The van der Waals surface area contributed by atoms with E-state index in [4.69, 9.17) is 4.74 Å². The topological polar surface area (TPSA) is 99.2 Å². The Morgan fingerprint density at radius 3 is 2.71 bits per heavy atom. The first kappa shape index (κ1) is 24.0. The van der Waals surface area contributed by atoms with Gasteiger partial charge in [-0.25, -0.2) is 17.6 Å². The van der Waals surface area contributed by atoms with Crippen molar-refractivity contribution in [1.82, 2.24) is 4.90 Å². The molecule has 0 saturated carbocycles. The van der Waals surface area contributed by atoms with Crippen LogP contribution in [0.15, 0.2) is 41.3 Å². The van der Waals surface area contributed by atoms with Crippen molar-refractivity contribution in [3.8, 4) is 5.75 Å². The summed E-state index contributed by atoms with van der Waals surface area (Å²) < 4.78 is 48.6. The molecule has 34 heavy (non-hydrogen) atoms. The fraction of sp³-hybridized carbons (Fsp3) is 0.375. The predicted octanol–water partition coefficient (Wildman–Crippen LogP) is 3.65. The minimum absolute atomic E-state index is 0.104.